The van der Waals surface area contributed by atoms with Gasteiger partial charge in [-0.1, -0.05) is 0 Å². The third kappa shape index (κ3) is 6.88. The van der Waals surface area contributed by atoms with Gasteiger partial charge < -0.3 is 10.2 Å². The first kappa shape index (κ1) is 19.1. The Balaban J connectivity index is 0. The fraction of sp³-hybridized carbons (Fsp3) is 0.727. The minimum Gasteiger partial charge on any atom is -0.311 e. The number of nitrogens with one attached hydrogen (secondary N) is 1. The number of rotatable bonds is 6. The molecule has 1 aromatic rings. The van der Waals surface area contributed by atoms with E-state index in [-0.39, 0.29) is 24.8 Å². The van der Waals surface area contributed by atoms with Gasteiger partial charge in [0.15, 0.2) is 0 Å². The van der Waals surface area contributed by atoms with E-state index in [9.17, 15) is 0 Å². The van der Waals surface area contributed by atoms with Crippen LogP contribution in [0.2, 0.25) is 0 Å². The fourth-order valence-corrected chi connectivity index (χ4v) is 1.55. The molecule has 0 aliphatic carbocycles. The van der Waals surface area contributed by atoms with Crippen LogP contribution >= 0.6 is 24.8 Å². The summed E-state index contributed by atoms with van der Waals surface area (Å²) < 4.78 is 1.94. The molecule has 0 aliphatic rings. The standard InChI is InChI=1S/C11H22N4.2ClH/c1-10-8-13-15(4)11(10)9-12-6-5-7-14(2)3;;/h8,12H,5-7,9H2,1-4H3;2*1H. The van der Waals surface area contributed by atoms with Crippen molar-refractivity contribution < 1.29 is 0 Å². The maximum absolute atomic E-state index is 4.21. The molecule has 0 aromatic carbocycles. The Morgan fingerprint density at radius 3 is 2.47 bits per heavy atom. The van der Waals surface area contributed by atoms with Crippen molar-refractivity contribution in [3.05, 3.63) is 17.5 Å². The molecular formula is C11H24Cl2N4. The van der Waals surface area contributed by atoms with Gasteiger partial charge >= 0.3 is 0 Å². The molecule has 1 N–H and O–H groups in total. The summed E-state index contributed by atoms with van der Waals surface area (Å²) in [6, 6.07) is 0. The molecule has 0 amide bonds. The predicted octanol–water partition coefficient (Wildman–Crippen LogP) is 1.61. The Kier molecular flexibility index (Phi) is 10.9. The summed E-state index contributed by atoms with van der Waals surface area (Å²) in [5.74, 6) is 0. The van der Waals surface area contributed by atoms with Crippen LogP contribution in [-0.4, -0.2) is 41.9 Å². The Morgan fingerprint density at radius 2 is 2.00 bits per heavy atom. The molecule has 0 spiro atoms. The van der Waals surface area contributed by atoms with Gasteiger partial charge in [-0.2, -0.15) is 5.10 Å². The molecule has 0 aliphatic heterocycles. The molecule has 0 atom stereocenters. The average Bonchev–Trinajstić information content (AvgIpc) is 2.47. The van der Waals surface area contributed by atoms with E-state index in [4.69, 9.17) is 0 Å². The number of halogens is 2. The first-order valence-corrected chi connectivity index (χ1v) is 5.44. The molecule has 0 saturated heterocycles. The van der Waals surface area contributed by atoms with E-state index in [1.165, 1.54) is 17.7 Å². The van der Waals surface area contributed by atoms with Crippen molar-refractivity contribution in [2.24, 2.45) is 7.05 Å². The van der Waals surface area contributed by atoms with Crippen LogP contribution in [0.4, 0.5) is 0 Å². The molecule has 0 unspecified atom stereocenters. The largest absolute Gasteiger partial charge is 0.311 e. The maximum Gasteiger partial charge on any atom is 0.0547 e. The minimum atomic E-state index is 0. The van der Waals surface area contributed by atoms with Crippen LogP contribution in [0.1, 0.15) is 17.7 Å². The van der Waals surface area contributed by atoms with Crippen LogP contribution in [0.15, 0.2) is 6.20 Å². The van der Waals surface area contributed by atoms with Crippen molar-refractivity contribution in [2.75, 3.05) is 27.2 Å². The van der Waals surface area contributed by atoms with Gasteiger partial charge in [-0.25, -0.2) is 0 Å². The highest BCUT2D eigenvalue weighted by Gasteiger charge is 2.02. The molecule has 0 radical (unpaired) electrons. The second-order valence-electron chi connectivity index (χ2n) is 4.23. The van der Waals surface area contributed by atoms with Crippen molar-refractivity contribution >= 4 is 24.8 Å². The molecule has 4 nitrogen and oxygen atoms in total. The van der Waals surface area contributed by atoms with Crippen LogP contribution in [0, 0.1) is 6.92 Å². The Hall–Kier alpha value is -0.290. The number of nitrogens with zero attached hydrogens (tertiary/aromatic N) is 3. The zero-order valence-electron chi connectivity index (χ0n) is 11.1. The van der Waals surface area contributed by atoms with Crippen LogP contribution < -0.4 is 5.32 Å². The van der Waals surface area contributed by atoms with Crippen molar-refractivity contribution in [3.8, 4) is 0 Å². The molecule has 1 heterocycles. The second kappa shape index (κ2) is 9.71. The summed E-state index contributed by atoms with van der Waals surface area (Å²) in [5.41, 5.74) is 2.54. The van der Waals surface area contributed by atoms with E-state index in [2.05, 4.69) is 36.3 Å². The molecule has 0 fully saturated rings. The number of aromatic nitrogens is 2. The topological polar surface area (TPSA) is 33.1 Å². The summed E-state index contributed by atoms with van der Waals surface area (Å²) in [6.45, 7) is 5.21. The van der Waals surface area contributed by atoms with Crippen molar-refractivity contribution in [3.63, 3.8) is 0 Å². The van der Waals surface area contributed by atoms with Crippen LogP contribution in [0.3, 0.4) is 0 Å². The van der Waals surface area contributed by atoms with Crippen LogP contribution in [-0.2, 0) is 13.6 Å². The maximum atomic E-state index is 4.21. The third-order valence-electron chi connectivity index (χ3n) is 2.52. The highest BCUT2D eigenvalue weighted by Crippen LogP contribution is 2.04. The third-order valence-corrected chi connectivity index (χ3v) is 2.52. The van der Waals surface area contributed by atoms with Crippen LogP contribution in [0.5, 0.6) is 0 Å². The Labute approximate surface area is 117 Å². The Bertz CT molecular complexity index is 280. The van der Waals surface area contributed by atoms with Gasteiger partial charge in [-0.05, 0) is 46.1 Å². The minimum absolute atomic E-state index is 0. The monoisotopic (exact) mass is 282 g/mol. The van der Waals surface area contributed by atoms with Gasteiger partial charge in [-0.15, -0.1) is 24.8 Å². The zero-order chi connectivity index (χ0) is 11.3. The first-order valence-electron chi connectivity index (χ1n) is 5.44. The van der Waals surface area contributed by atoms with Crippen molar-refractivity contribution in [1.82, 2.24) is 20.0 Å². The van der Waals surface area contributed by atoms with Crippen LogP contribution in [0.25, 0.3) is 0 Å². The lowest BCUT2D eigenvalue weighted by atomic mass is 10.2. The number of aryl methyl sites for hydroxylation is 2. The summed E-state index contributed by atoms with van der Waals surface area (Å²) in [4.78, 5) is 2.21. The second-order valence-corrected chi connectivity index (χ2v) is 4.23. The fourth-order valence-electron chi connectivity index (χ4n) is 1.55. The lowest BCUT2D eigenvalue weighted by molar-refractivity contribution is 0.393. The molecule has 1 aromatic heterocycles. The van der Waals surface area contributed by atoms with Gasteiger partial charge in [0.25, 0.3) is 0 Å². The molecule has 0 saturated carbocycles. The SMILES string of the molecule is Cc1cnn(C)c1CNCCCN(C)C.Cl.Cl. The van der Waals surface area contributed by atoms with E-state index >= 15 is 0 Å². The number of hydrogen-bond acceptors (Lipinski definition) is 3. The van der Waals surface area contributed by atoms with Gasteiger partial charge in [0, 0.05) is 13.6 Å². The van der Waals surface area contributed by atoms with Crippen molar-refractivity contribution in [1.29, 1.82) is 0 Å². The lowest BCUT2D eigenvalue weighted by Gasteiger charge is -2.10. The normalized spacial score (nSPS) is 9.94. The van der Waals surface area contributed by atoms with Crippen molar-refractivity contribution in [2.45, 2.75) is 19.9 Å². The summed E-state index contributed by atoms with van der Waals surface area (Å²) >= 11 is 0. The number of hydrogen-bond donors (Lipinski definition) is 1. The Morgan fingerprint density at radius 1 is 1.35 bits per heavy atom. The molecular weight excluding hydrogens is 259 g/mol. The highest BCUT2D eigenvalue weighted by molar-refractivity contribution is 5.85. The molecule has 6 heteroatoms. The van der Waals surface area contributed by atoms with E-state index in [0.29, 0.717) is 0 Å². The molecule has 102 valence electrons. The summed E-state index contributed by atoms with van der Waals surface area (Å²) in [5, 5.41) is 7.65. The predicted molar refractivity (Wildman–Crippen MR) is 77.3 cm³/mol. The molecule has 0 bridgehead atoms. The van der Waals surface area contributed by atoms with Gasteiger partial charge in [0.2, 0.25) is 0 Å². The van der Waals surface area contributed by atoms with E-state index < -0.39 is 0 Å². The van der Waals surface area contributed by atoms with E-state index in [1.54, 1.807) is 0 Å². The zero-order valence-corrected chi connectivity index (χ0v) is 12.7. The average molecular weight is 283 g/mol. The van der Waals surface area contributed by atoms with Gasteiger partial charge in [-0.3, -0.25) is 4.68 Å². The van der Waals surface area contributed by atoms with E-state index in [0.717, 1.165) is 19.6 Å². The molecule has 1 rings (SSSR count). The lowest BCUT2D eigenvalue weighted by Crippen LogP contribution is -2.22. The summed E-state index contributed by atoms with van der Waals surface area (Å²) in [7, 11) is 6.19. The van der Waals surface area contributed by atoms with Gasteiger partial charge in [0.05, 0.1) is 11.9 Å². The van der Waals surface area contributed by atoms with E-state index in [1.807, 2.05) is 17.9 Å². The smallest absolute Gasteiger partial charge is 0.0547 e. The highest BCUT2D eigenvalue weighted by atomic mass is 35.5. The van der Waals surface area contributed by atoms with Gasteiger partial charge in [0.1, 0.15) is 0 Å². The molecule has 17 heavy (non-hydrogen) atoms. The quantitative estimate of drug-likeness (QED) is 0.805. The summed E-state index contributed by atoms with van der Waals surface area (Å²) in [6.07, 6.45) is 3.10. The first-order chi connectivity index (χ1) is 7.11.